The highest BCUT2D eigenvalue weighted by atomic mass is 32.2. The fourth-order valence-corrected chi connectivity index (χ4v) is 2.78. The lowest BCUT2D eigenvalue weighted by Gasteiger charge is -2.11. The number of thioether (sulfide) groups is 1. The molecule has 1 unspecified atom stereocenters. The minimum atomic E-state index is -0.456. The van der Waals surface area contributed by atoms with Crippen molar-refractivity contribution < 1.29 is 4.39 Å². The molecule has 0 aromatic carbocycles. The van der Waals surface area contributed by atoms with Gasteiger partial charge in [0.1, 0.15) is 0 Å². The van der Waals surface area contributed by atoms with Crippen molar-refractivity contribution in [3.8, 4) is 0 Å². The van der Waals surface area contributed by atoms with E-state index in [2.05, 4.69) is 20.7 Å². The van der Waals surface area contributed by atoms with Gasteiger partial charge in [0.15, 0.2) is 11.6 Å². The lowest BCUT2D eigenvalue weighted by atomic mass is 10.2. The van der Waals surface area contributed by atoms with Crippen molar-refractivity contribution in [2.45, 2.75) is 18.1 Å². The van der Waals surface area contributed by atoms with Gasteiger partial charge < -0.3 is 5.32 Å². The standard InChI is InChI=1S/C9H14FN5S/c10-7-5-13-9(15-11)14-8(7)12-4-6-2-1-3-16-6/h5-6H,1-4,11H2,(H2,12,13,14,15). The third-order valence-electron chi connectivity index (χ3n) is 2.39. The molecule has 0 spiro atoms. The zero-order chi connectivity index (χ0) is 11.4. The molecule has 2 rings (SSSR count). The summed E-state index contributed by atoms with van der Waals surface area (Å²) in [6.07, 6.45) is 3.51. The van der Waals surface area contributed by atoms with Crippen molar-refractivity contribution in [2.75, 3.05) is 23.0 Å². The molecule has 2 heterocycles. The number of nitrogens with one attached hydrogen (secondary N) is 2. The van der Waals surface area contributed by atoms with Crippen LogP contribution >= 0.6 is 11.8 Å². The minimum absolute atomic E-state index is 0.204. The van der Waals surface area contributed by atoms with E-state index in [0.717, 1.165) is 12.7 Å². The Morgan fingerprint density at radius 3 is 3.19 bits per heavy atom. The second-order valence-electron chi connectivity index (χ2n) is 3.55. The minimum Gasteiger partial charge on any atom is -0.366 e. The van der Waals surface area contributed by atoms with Gasteiger partial charge in [0.25, 0.3) is 0 Å². The Morgan fingerprint density at radius 1 is 1.62 bits per heavy atom. The van der Waals surface area contributed by atoms with Gasteiger partial charge in [0.2, 0.25) is 5.95 Å². The Morgan fingerprint density at radius 2 is 2.50 bits per heavy atom. The van der Waals surface area contributed by atoms with Gasteiger partial charge in [-0.2, -0.15) is 16.7 Å². The van der Waals surface area contributed by atoms with Gasteiger partial charge >= 0.3 is 0 Å². The molecule has 88 valence electrons. The van der Waals surface area contributed by atoms with Crippen LogP contribution in [0.4, 0.5) is 16.2 Å². The summed E-state index contributed by atoms with van der Waals surface area (Å²) in [6, 6.07) is 0. The number of anilines is 2. The molecule has 1 aliphatic rings. The quantitative estimate of drug-likeness (QED) is 0.545. The summed E-state index contributed by atoms with van der Waals surface area (Å²) >= 11 is 1.91. The van der Waals surface area contributed by atoms with Crippen molar-refractivity contribution in [3.05, 3.63) is 12.0 Å². The molecule has 0 radical (unpaired) electrons. The molecule has 1 fully saturated rings. The van der Waals surface area contributed by atoms with Crippen LogP contribution in [-0.2, 0) is 0 Å². The number of rotatable bonds is 4. The Kier molecular flexibility index (Phi) is 3.79. The Bertz CT molecular complexity index is 356. The number of hydrazine groups is 1. The lowest BCUT2D eigenvalue weighted by Crippen LogP contribution is -2.17. The van der Waals surface area contributed by atoms with Crippen molar-refractivity contribution in [1.82, 2.24) is 9.97 Å². The summed E-state index contributed by atoms with van der Waals surface area (Å²) in [5.41, 5.74) is 2.29. The van der Waals surface area contributed by atoms with E-state index in [9.17, 15) is 4.39 Å². The number of aromatic nitrogens is 2. The maximum Gasteiger partial charge on any atom is 0.239 e. The maximum atomic E-state index is 13.3. The van der Waals surface area contributed by atoms with E-state index >= 15 is 0 Å². The molecule has 1 aromatic rings. The predicted octanol–water partition coefficient (Wildman–Crippen LogP) is 1.21. The first kappa shape index (κ1) is 11.4. The summed E-state index contributed by atoms with van der Waals surface area (Å²) in [5.74, 6) is 6.31. The molecule has 4 N–H and O–H groups in total. The van der Waals surface area contributed by atoms with Gasteiger partial charge in [-0.05, 0) is 18.6 Å². The van der Waals surface area contributed by atoms with Crippen molar-refractivity contribution in [2.24, 2.45) is 5.84 Å². The molecule has 5 nitrogen and oxygen atoms in total. The molecule has 1 aliphatic heterocycles. The first-order valence-electron chi connectivity index (χ1n) is 5.14. The number of hydrogen-bond donors (Lipinski definition) is 3. The van der Waals surface area contributed by atoms with Gasteiger partial charge in [-0.25, -0.2) is 15.2 Å². The Hall–Kier alpha value is -1.08. The predicted molar refractivity (Wildman–Crippen MR) is 63.8 cm³/mol. The highest BCUT2D eigenvalue weighted by Gasteiger charge is 2.16. The van der Waals surface area contributed by atoms with Crippen LogP contribution < -0.4 is 16.6 Å². The van der Waals surface area contributed by atoms with Gasteiger partial charge in [-0.3, -0.25) is 5.43 Å². The first-order valence-corrected chi connectivity index (χ1v) is 6.19. The zero-order valence-electron chi connectivity index (χ0n) is 8.74. The van der Waals surface area contributed by atoms with Gasteiger partial charge in [0, 0.05) is 11.8 Å². The number of nitrogens with zero attached hydrogens (tertiary/aromatic N) is 2. The molecule has 7 heteroatoms. The van der Waals surface area contributed by atoms with Crippen LogP contribution in [0, 0.1) is 5.82 Å². The second-order valence-corrected chi connectivity index (χ2v) is 4.96. The molecule has 1 aromatic heterocycles. The molecular formula is C9H14FN5S. The highest BCUT2D eigenvalue weighted by Crippen LogP contribution is 2.26. The average Bonchev–Trinajstić information content (AvgIpc) is 2.81. The van der Waals surface area contributed by atoms with Crippen LogP contribution in [-0.4, -0.2) is 27.5 Å². The van der Waals surface area contributed by atoms with Crippen LogP contribution in [0.3, 0.4) is 0 Å². The van der Waals surface area contributed by atoms with Crippen LogP contribution in [0.1, 0.15) is 12.8 Å². The summed E-state index contributed by atoms with van der Waals surface area (Å²) in [4.78, 5) is 7.58. The number of hydrogen-bond acceptors (Lipinski definition) is 6. The van der Waals surface area contributed by atoms with E-state index in [-0.39, 0.29) is 11.8 Å². The van der Waals surface area contributed by atoms with E-state index in [1.807, 2.05) is 11.8 Å². The summed E-state index contributed by atoms with van der Waals surface area (Å²) < 4.78 is 13.3. The number of nitrogens with two attached hydrogens (primary N) is 1. The van der Waals surface area contributed by atoms with E-state index in [0.29, 0.717) is 5.25 Å². The van der Waals surface area contributed by atoms with E-state index in [4.69, 9.17) is 5.84 Å². The van der Waals surface area contributed by atoms with E-state index in [1.165, 1.54) is 18.6 Å². The average molecular weight is 243 g/mol. The fraction of sp³-hybridized carbons (Fsp3) is 0.556. The fourth-order valence-electron chi connectivity index (χ4n) is 1.58. The zero-order valence-corrected chi connectivity index (χ0v) is 9.56. The highest BCUT2D eigenvalue weighted by molar-refractivity contribution is 8.00. The largest absolute Gasteiger partial charge is 0.366 e. The smallest absolute Gasteiger partial charge is 0.239 e. The van der Waals surface area contributed by atoms with Crippen LogP contribution in [0.15, 0.2) is 6.20 Å². The van der Waals surface area contributed by atoms with Crippen molar-refractivity contribution in [1.29, 1.82) is 0 Å². The third-order valence-corrected chi connectivity index (χ3v) is 3.79. The van der Waals surface area contributed by atoms with Gasteiger partial charge in [-0.1, -0.05) is 0 Å². The molecule has 0 saturated carbocycles. The van der Waals surface area contributed by atoms with Gasteiger partial charge in [-0.15, -0.1) is 0 Å². The SMILES string of the molecule is NNc1ncc(F)c(NCC2CCCS2)n1. The number of nitrogen functional groups attached to an aromatic ring is 1. The topological polar surface area (TPSA) is 75.9 Å². The Balaban J connectivity index is 1.96. The number of halogens is 1. The monoisotopic (exact) mass is 243 g/mol. The van der Waals surface area contributed by atoms with Gasteiger partial charge in [0.05, 0.1) is 6.20 Å². The van der Waals surface area contributed by atoms with Crippen molar-refractivity contribution >= 4 is 23.5 Å². The molecule has 1 saturated heterocycles. The van der Waals surface area contributed by atoms with Crippen LogP contribution in [0.2, 0.25) is 0 Å². The second kappa shape index (κ2) is 5.31. The normalized spacial score (nSPS) is 19.8. The molecular weight excluding hydrogens is 229 g/mol. The van der Waals surface area contributed by atoms with Crippen LogP contribution in [0.25, 0.3) is 0 Å². The van der Waals surface area contributed by atoms with Crippen LogP contribution in [0.5, 0.6) is 0 Å². The summed E-state index contributed by atoms with van der Waals surface area (Å²) in [7, 11) is 0. The molecule has 0 aliphatic carbocycles. The molecule has 16 heavy (non-hydrogen) atoms. The van der Waals surface area contributed by atoms with E-state index < -0.39 is 5.82 Å². The summed E-state index contributed by atoms with van der Waals surface area (Å²) in [5, 5.41) is 3.53. The van der Waals surface area contributed by atoms with E-state index in [1.54, 1.807) is 0 Å². The molecule has 0 amide bonds. The molecule has 1 atom stereocenters. The maximum absolute atomic E-state index is 13.3. The first-order chi connectivity index (χ1) is 7.79. The lowest BCUT2D eigenvalue weighted by molar-refractivity contribution is 0.616. The third kappa shape index (κ3) is 2.73. The Labute approximate surface area is 97.4 Å². The summed E-state index contributed by atoms with van der Waals surface area (Å²) in [6.45, 7) is 0.725. The molecule has 0 bridgehead atoms. The van der Waals surface area contributed by atoms with Crippen molar-refractivity contribution in [3.63, 3.8) is 0 Å².